The van der Waals surface area contributed by atoms with Crippen molar-refractivity contribution in [2.45, 2.75) is 19.9 Å². The molecule has 0 amide bonds. The van der Waals surface area contributed by atoms with Gasteiger partial charge in [-0.1, -0.05) is 0 Å². The van der Waals surface area contributed by atoms with E-state index in [1.54, 1.807) is 23.8 Å². The third-order valence-electron chi connectivity index (χ3n) is 1.90. The Morgan fingerprint density at radius 2 is 2.38 bits per heavy atom. The van der Waals surface area contributed by atoms with Gasteiger partial charge in [-0.2, -0.15) is 0 Å². The summed E-state index contributed by atoms with van der Waals surface area (Å²) in [5, 5.41) is 8.82. The first-order chi connectivity index (χ1) is 6.16. The summed E-state index contributed by atoms with van der Waals surface area (Å²) in [6, 6.07) is 1.72. The average Bonchev–Trinajstić information content (AvgIpc) is 2.43. The summed E-state index contributed by atoms with van der Waals surface area (Å²) >= 11 is 0. The van der Waals surface area contributed by atoms with Crippen molar-refractivity contribution in [3.63, 3.8) is 0 Å². The standard InChI is InChI=1S/C9H12FNO2/c1-7-3-6-11(5-2-4-10)8(7)9(12)13/h3,6H,2,4-5H2,1H3,(H,12,13). The Balaban J connectivity index is 2.87. The fraction of sp³-hybridized carbons (Fsp3) is 0.444. The van der Waals surface area contributed by atoms with Crippen LogP contribution in [0.5, 0.6) is 0 Å². The Morgan fingerprint density at radius 3 is 2.92 bits per heavy atom. The topological polar surface area (TPSA) is 42.2 Å². The van der Waals surface area contributed by atoms with Crippen LogP contribution in [0.4, 0.5) is 4.39 Å². The summed E-state index contributed by atoms with van der Waals surface area (Å²) in [5.74, 6) is -0.957. The van der Waals surface area contributed by atoms with E-state index in [4.69, 9.17) is 5.11 Å². The molecule has 0 aliphatic heterocycles. The van der Waals surface area contributed by atoms with E-state index in [0.717, 1.165) is 0 Å². The number of carbonyl (C=O) groups is 1. The number of halogens is 1. The van der Waals surface area contributed by atoms with E-state index in [9.17, 15) is 9.18 Å². The molecule has 3 nitrogen and oxygen atoms in total. The van der Waals surface area contributed by atoms with Crippen LogP contribution in [0.25, 0.3) is 0 Å². The zero-order chi connectivity index (χ0) is 9.84. The molecule has 0 saturated heterocycles. The lowest BCUT2D eigenvalue weighted by atomic mass is 10.3. The Morgan fingerprint density at radius 1 is 1.69 bits per heavy atom. The molecule has 0 bridgehead atoms. The predicted molar refractivity (Wildman–Crippen MR) is 46.7 cm³/mol. The van der Waals surface area contributed by atoms with Gasteiger partial charge in [0.05, 0.1) is 6.67 Å². The molecule has 0 atom stereocenters. The number of rotatable bonds is 4. The predicted octanol–water partition coefficient (Wildman–Crippen LogP) is 1.85. The quantitative estimate of drug-likeness (QED) is 0.777. The van der Waals surface area contributed by atoms with E-state index in [1.165, 1.54) is 0 Å². The van der Waals surface area contributed by atoms with Crippen LogP contribution in [-0.2, 0) is 6.54 Å². The number of alkyl halides is 1. The Bertz CT molecular complexity index is 307. The van der Waals surface area contributed by atoms with Crippen LogP contribution in [0.1, 0.15) is 22.5 Å². The highest BCUT2D eigenvalue weighted by atomic mass is 19.1. The maximum Gasteiger partial charge on any atom is 0.352 e. The van der Waals surface area contributed by atoms with Gasteiger partial charge >= 0.3 is 5.97 Å². The van der Waals surface area contributed by atoms with Gasteiger partial charge in [0, 0.05) is 12.7 Å². The second-order valence-corrected chi connectivity index (χ2v) is 2.89. The van der Waals surface area contributed by atoms with Crippen molar-refractivity contribution in [2.24, 2.45) is 0 Å². The van der Waals surface area contributed by atoms with Gasteiger partial charge in [-0.3, -0.25) is 4.39 Å². The summed E-state index contributed by atoms with van der Waals surface area (Å²) < 4.78 is 13.4. The highest BCUT2D eigenvalue weighted by Crippen LogP contribution is 2.10. The maximum absolute atomic E-state index is 11.9. The minimum Gasteiger partial charge on any atom is -0.477 e. The third-order valence-corrected chi connectivity index (χ3v) is 1.90. The Kier molecular flexibility index (Phi) is 3.06. The van der Waals surface area contributed by atoms with Gasteiger partial charge in [-0.05, 0) is 25.0 Å². The SMILES string of the molecule is Cc1ccn(CCCF)c1C(=O)O. The van der Waals surface area contributed by atoms with Crippen LogP contribution < -0.4 is 0 Å². The molecule has 0 radical (unpaired) electrons. The number of carboxylic acids is 1. The lowest BCUT2D eigenvalue weighted by Crippen LogP contribution is -2.09. The zero-order valence-corrected chi connectivity index (χ0v) is 7.46. The van der Waals surface area contributed by atoms with Crippen molar-refractivity contribution in [3.05, 3.63) is 23.5 Å². The second-order valence-electron chi connectivity index (χ2n) is 2.89. The number of aromatic carboxylic acids is 1. The molecule has 0 aliphatic carbocycles. The Hall–Kier alpha value is -1.32. The minimum absolute atomic E-state index is 0.258. The van der Waals surface area contributed by atoms with Crippen LogP contribution in [0.3, 0.4) is 0 Å². The minimum atomic E-state index is -0.957. The number of hydrogen-bond donors (Lipinski definition) is 1. The first kappa shape index (κ1) is 9.77. The summed E-state index contributed by atoms with van der Waals surface area (Å²) in [6.45, 7) is 1.73. The molecule has 0 unspecified atom stereocenters. The van der Waals surface area contributed by atoms with Crippen molar-refractivity contribution in [2.75, 3.05) is 6.67 Å². The number of aromatic nitrogens is 1. The summed E-state index contributed by atoms with van der Waals surface area (Å²) in [4.78, 5) is 10.8. The van der Waals surface area contributed by atoms with Crippen LogP contribution in [0.15, 0.2) is 12.3 Å². The summed E-state index contributed by atoms with van der Waals surface area (Å²) in [6.07, 6.45) is 2.03. The third kappa shape index (κ3) is 2.08. The first-order valence-corrected chi connectivity index (χ1v) is 4.12. The van der Waals surface area contributed by atoms with E-state index in [-0.39, 0.29) is 5.69 Å². The first-order valence-electron chi connectivity index (χ1n) is 4.12. The smallest absolute Gasteiger partial charge is 0.352 e. The van der Waals surface area contributed by atoms with Crippen molar-refractivity contribution < 1.29 is 14.3 Å². The molecule has 0 spiro atoms. The van der Waals surface area contributed by atoms with Crippen LogP contribution >= 0.6 is 0 Å². The zero-order valence-electron chi connectivity index (χ0n) is 7.46. The maximum atomic E-state index is 11.9. The highest BCUT2D eigenvalue weighted by molar-refractivity contribution is 5.87. The molecule has 1 rings (SSSR count). The van der Waals surface area contributed by atoms with Gasteiger partial charge in [-0.15, -0.1) is 0 Å². The van der Waals surface area contributed by atoms with Crippen molar-refractivity contribution in [1.82, 2.24) is 4.57 Å². The van der Waals surface area contributed by atoms with E-state index < -0.39 is 12.6 Å². The second kappa shape index (κ2) is 4.07. The Labute approximate surface area is 75.8 Å². The molecule has 13 heavy (non-hydrogen) atoms. The molecular weight excluding hydrogens is 173 g/mol. The molecule has 0 aliphatic rings. The fourth-order valence-corrected chi connectivity index (χ4v) is 1.29. The molecule has 72 valence electrons. The molecule has 1 aromatic rings. The lowest BCUT2D eigenvalue weighted by Gasteiger charge is -2.04. The van der Waals surface area contributed by atoms with Crippen molar-refractivity contribution in [3.8, 4) is 0 Å². The number of aryl methyl sites for hydroxylation is 2. The van der Waals surface area contributed by atoms with Crippen molar-refractivity contribution in [1.29, 1.82) is 0 Å². The van der Waals surface area contributed by atoms with E-state index in [2.05, 4.69) is 0 Å². The normalized spacial score (nSPS) is 10.3. The lowest BCUT2D eigenvalue weighted by molar-refractivity contribution is 0.0684. The van der Waals surface area contributed by atoms with Crippen LogP contribution in [-0.4, -0.2) is 22.3 Å². The molecule has 0 aromatic carbocycles. The fourth-order valence-electron chi connectivity index (χ4n) is 1.29. The molecule has 1 heterocycles. The van der Waals surface area contributed by atoms with Gasteiger partial charge in [-0.25, -0.2) is 4.79 Å². The van der Waals surface area contributed by atoms with Gasteiger partial charge < -0.3 is 9.67 Å². The highest BCUT2D eigenvalue weighted by Gasteiger charge is 2.12. The molecule has 1 N–H and O–H groups in total. The van der Waals surface area contributed by atoms with E-state index >= 15 is 0 Å². The van der Waals surface area contributed by atoms with E-state index in [0.29, 0.717) is 18.5 Å². The monoisotopic (exact) mass is 185 g/mol. The summed E-state index contributed by atoms with van der Waals surface area (Å²) in [7, 11) is 0. The molecule has 0 saturated carbocycles. The van der Waals surface area contributed by atoms with Crippen molar-refractivity contribution >= 4 is 5.97 Å². The molecule has 0 fully saturated rings. The van der Waals surface area contributed by atoms with Gasteiger partial charge in [0.25, 0.3) is 0 Å². The number of hydrogen-bond acceptors (Lipinski definition) is 1. The van der Waals surface area contributed by atoms with Gasteiger partial charge in [0.2, 0.25) is 0 Å². The van der Waals surface area contributed by atoms with Crippen LogP contribution in [0.2, 0.25) is 0 Å². The molecular formula is C9H12FNO2. The summed E-state index contributed by atoms with van der Waals surface area (Å²) in [5.41, 5.74) is 0.972. The number of carboxylic acid groups (broad SMARTS) is 1. The number of nitrogens with zero attached hydrogens (tertiary/aromatic N) is 1. The van der Waals surface area contributed by atoms with Gasteiger partial charge in [0.1, 0.15) is 5.69 Å². The largest absolute Gasteiger partial charge is 0.477 e. The van der Waals surface area contributed by atoms with Crippen LogP contribution in [0, 0.1) is 6.92 Å². The molecule has 1 aromatic heterocycles. The molecule has 4 heteroatoms. The average molecular weight is 185 g/mol. The van der Waals surface area contributed by atoms with Gasteiger partial charge in [0.15, 0.2) is 0 Å². The van der Waals surface area contributed by atoms with E-state index in [1.807, 2.05) is 0 Å².